The lowest BCUT2D eigenvalue weighted by Crippen LogP contribution is -2.23. The van der Waals surface area contributed by atoms with Crippen molar-refractivity contribution < 1.29 is 9.84 Å². The smallest absolute Gasteiger partial charge is 0.223 e. The van der Waals surface area contributed by atoms with Gasteiger partial charge in [0.15, 0.2) is 5.75 Å². The normalized spacial score (nSPS) is 19.6. The van der Waals surface area contributed by atoms with E-state index in [9.17, 15) is 9.90 Å². The molecule has 100 valence electrons. The average Bonchev–Trinajstić information content (AvgIpc) is 2.77. The Hall–Kier alpha value is -1.33. The molecule has 18 heavy (non-hydrogen) atoms. The third-order valence-corrected chi connectivity index (χ3v) is 3.10. The predicted octanol–water partition coefficient (Wildman–Crippen LogP) is 0.794. The van der Waals surface area contributed by atoms with Gasteiger partial charge in [0.2, 0.25) is 5.43 Å². The molecule has 1 aliphatic rings. The quantitative estimate of drug-likeness (QED) is 0.861. The fraction of sp³-hybridized carbons (Fsp3) is 0.615. The van der Waals surface area contributed by atoms with Gasteiger partial charge in [-0.05, 0) is 26.9 Å². The van der Waals surface area contributed by atoms with Crippen molar-refractivity contribution in [1.82, 2.24) is 9.47 Å². The summed E-state index contributed by atoms with van der Waals surface area (Å²) in [5, 5.41) is 9.54. The lowest BCUT2D eigenvalue weighted by atomic mass is 10.2. The van der Waals surface area contributed by atoms with E-state index in [0.29, 0.717) is 13.1 Å². The van der Waals surface area contributed by atoms with Gasteiger partial charge >= 0.3 is 0 Å². The highest BCUT2D eigenvalue weighted by Crippen LogP contribution is 2.16. The maximum Gasteiger partial charge on any atom is 0.223 e. The van der Waals surface area contributed by atoms with E-state index in [1.165, 1.54) is 12.3 Å². The molecule has 0 amide bonds. The lowest BCUT2D eigenvalue weighted by molar-refractivity contribution is 0.0955. The Kier molecular flexibility index (Phi) is 4.04. The van der Waals surface area contributed by atoms with Gasteiger partial charge in [0.1, 0.15) is 0 Å². The summed E-state index contributed by atoms with van der Waals surface area (Å²) in [6.45, 7) is 2.17. The van der Waals surface area contributed by atoms with E-state index in [4.69, 9.17) is 4.74 Å². The minimum atomic E-state index is -0.324. The summed E-state index contributed by atoms with van der Waals surface area (Å²) in [5.41, 5.74) is 0.578. The molecule has 2 heterocycles. The molecule has 1 fully saturated rings. The third kappa shape index (κ3) is 3.11. The van der Waals surface area contributed by atoms with Crippen LogP contribution in [0.25, 0.3) is 0 Å². The molecular formula is C13H20N2O3. The summed E-state index contributed by atoms with van der Waals surface area (Å²) in [6.07, 6.45) is 3.82. The van der Waals surface area contributed by atoms with Crippen LogP contribution >= 0.6 is 0 Å². The first kappa shape index (κ1) is 13.1. The topological polar surface area (TPSA) is 54.7 Å². The van der Waals surface area contributed by atoms with Crippen molar-refractivity contribution in [3.05, 3.63) is 28.2 Å². The maximum absolute atomic E-state index is 11.5. The Balaban J connectivity index is 2.24. The van der Waals surface area contributed by atoms with Crippen LogP contribution < -0.4 is 5.43 Å². The Labute approximate surface area is 107 Å². The summed E-state index contributed by atoms with van der Waals surface area (Å²) < 4.78 is 7.52. The Morgan fingerprint density at radius 3 is 2.94 bits per heavy atom. The van der Waals surface area contributed by atoms with Crippen LogP contribution in [0.3, 0.4) is 0 Å². The highest BCUT2D eigenvalue weighted by Gasteiger charge is 2.17. The van der Waals surface area contributed by atoms with Crippen molar-refractivity contribution in [3.63, 3.8) is 0 Å². The predicted molar refractivity (Wildman–Crippen MR) is 68.7 cm³/mol. The molecule has 0 aromatic carbocycles. The molecule has 1 unspecified atom stereocenters. The number of nitrogens with zero attached hydrogens (tertiary/aromatic N) is 2. The molecule has 1 aromatic heterocycles. The molecule has 5 heteroatoms. The van der Waals surface area contributed by atoms with Crippen LogP contribution in [0.2, 0.25) is 0 Å². The summed E-state index contributed by atoms with van der Waals surface area (Å²) in [7, 11) is 3.90. The van der Waals surface area contributed by atoms with Gasteiger partial charge in [0, 0.05) is 31.5 Å². The van der Waals surface area contributed by atoms with Crippen LogP contribution in [0.15, 0.2) is 17.1 Å². The van der Waals surface area contributed by atoms with Gasteiger partial charge < -0.3 is 19.3 Å². The highest BCUT2D eigenvalue weighted by atomic mass is 16.5. The van der Waals surface area contributed by atoms with E-state index in [0.717, 1.165) is 25.1 Å². The van der Waals surface area contributed by atoms with E-state index in [-0.39, 0.29) is 17.3 Å². The second kappa shape index (κ2) is 5.54. The van der Waals surface area contributed by atoms with Crippen molar-refractivity contribution in [1.29, 1.82) is 0 Å². The standard InChI is InChI=1S/C13H20N2O3/c1-14(2)7-10-6-12(16)13(17)9-15(10)8-11-4-3-5-18-11/h6,9,11,17H,3-5,7-8H2,1-2H3. The molecule has 0 bridgehead atoms. The van der Waals surface area contributed by atoms with E-state index in [1.807, 2.05) is 23.6 Å². The number of aromatic nitrogens is 1. The van der Waals surface area contributed by atoms with E-state index in [2.05, 4.69) is 0 Å². The van der Waals surface area contributed by atoms with Gasteiger partial charge in [-0.15, -0.1) is 0 Å². The summed E-state index contributed by atoms with van der Waals surface area (Å²) in [6, 6.07) is 1.50. The first-order valence-corrected chi connectivity index (χ1v) is 6.25. The molecule has 1 saturated heterocycles. The number of aromatic hydroxyl groups is 1. The Bertz CT molecular complexity index is 462. The molecule has 1 aromatic rings. The zero-order chi connectivity index (χ0) is 13.1. The van der Waals surface area contributed by atoms with Crippen molar-refractivity contribution in [2.75, 3.05) is 20.7 Å². The maximum atomic E-state index is 11.5. The zero-order valence-corrected chi connectivity index (χ0v) is 10.9. The van der Waals surface area contributed by atoms with Gasteiger partial charge in [-0.3, -0.25) is 4.79 Å². The van der Waals surface area contributed by atoms with Gasteiger partial charge in [-0.25, -0.2) is 0 Å². The molecule has 1 N–H and O–H groups in total. The first-order valence-electron chi connectivity index (χ1n) is 6.25. The molecule has 2 rings (SSSR count). The van der Waals surface area contributed by atoms with Crippen molar-refractivity contribution >= 4 is 0 Å². The average molecular weight is 252 g/mol. The summed E-state index contributed by atoms with van der Waals surface area (Å²) in [4.78, 5) is 13.5. The minimum Gasteiger partial charge on any atom is -0.503 e. The molecule has 1 aliphatic heterocycles. The number of hydrogen-bond donors (Lipinski definition) is 1. The van der Waals surface area contributed by atoms with E-state index in [1.54, 1.807) is 0 Å². The molecule has 0 spiro atoms. The van der Waals surface area contributed by atoms with Gasteiger partial charge in [-0.2, -0.15) is 0 Å². The second-order valence-electron chi connectivity index (χ2n) is 5.04. The highest BCUT2D eigenvalue weighted by molar-refractivity contribution is 5.20. The van der Waals surface area contributed by atoms with Crippen LogP contribution in [0.4, 0.5) is 0 Å². The molecule has 0 radical (unpaired) electrons. The van der Waals surface area contributed by atoms with Crippen LogP contribution in [0.1, 0.15) is 18.5 Å². The second-order valence-corrected chi connectivity index (χ2v) is 5.04. The van der Waals surface area contributed by atoms with E-state index >= 15 is 0 Å². The Morgan fingerprint density at radius 1 is 1.56 bits per heavy atom. The molecular weight excluding hydrogens is 232 g/mol. The number of rotatable bonds is 4. The van der Waals surface area contributed by atoms with Crippen LogP contribution in [-0.4, -0.2) is 41.4 Å². The minimum absolute atomic E-state index is 0.188. The Morgan fingerprint density at radius 2 is 2.33 bits per heavy atom. The van der Waals surface area contributed by atoms with Gasteiger partial charge in [0.25, 0.3) is 0 Å². The molecule has 1 atom stereocenters. The molecule has 0 saturated carbocycles. The summed E-state index contributed by atoms with van der Waals surface area (Å²) in [5.74, 6) is -0.199. The number of hydrogen-bond acceptors (Lipinski definition) is 4. The molecule has 5 nitrogen and oxygen atoms in total. The van der Waals surface area contributed by atoms with Crippen LogP contribution in [-0.2, 0) is 17.8 Å². The SMILES string of the molecule is CN(C)Cc1cc(=O)c(O)cn1CC1CCCO1. The number of ether oxygens (including phenoxy) is 1. The van der Waals surface area contributed by atoms with Crippen molar-refractivity contribution in [3.8, 4) is 5.75 Å². The lowest BCUT2D eigenvalue weighted by Gasteiger charge is -2.19. The van der Waals surface area contributed by atoms with Crippen LogP contribution in [0, 0.1) is 0 Å². The zero-order valence-electron chi connectivity index (χ0n) is 10.9. The monoisotopic (exact) mass is 252 g/mol. The van der Waals surface area contributed by atoms with Crippen LogP contribution in [0.5, 0.6) is 5.75 Å². The van der Waals surface area contributed by atoms with E-state index < -0.39 is 0 Å². The van der Waals surface area contributed by atoms with Crippen molar-refractivity contribution in [2.24, 2.45) is 0 Å². The third-order valence-electron chi connectivity index (χ3n) is 3.10. The largest absolute Gasteiger partial charge is 0.503 e. The van der Waals surface area contributed by atoms with Gasteiger partial charge in [-0.1, -0.05) is 0 Å². The fourth-order valence-corrected chi connectivity index (χ4v) is 2.24. The van der Waals surface area contributed by atoms with Gasteiger partial charge in [0.05, 0.1) is 12.3 Å². The molecule has 0 aliphatic carbocycles. The fourth-order valence-electron chi connectivity index (χ4n) is 2.24. The first-order chi connectivity index (χ1) is 8.56. The number of pyridine rings is 1. The summed E-state index contributed by atoms with van der Waals surface area (Å²) >= 11 is 0. The van der Waals surface area contributed by atoms with Crippen molar-refractivity contribution in [2.45, 2.75) is 32.0 Å².